The average molecular weight is 254 g/mol. The zero-order valence-electron chi connectivity index (χ0n) is 9.51. The van der Waals surface area contributed by atoms with Crippen molar-refractivity contribution in [2.24, 2.45) is 0 Å². The first-order valence-corrected chi connectivity index (χ1v) is 5.67. The summed E-state index contributed by atoms with van der Waals surface area (Å²) in [7, 11) is -0.593. The third-order valence-corrected chi connectivity index (χ3v) is 2.70. The summed E-state index contributed by atoms with van der Waals surface area (Å²) in [6.07, 6.45) is -2.03. The molecule has 0 spiro atoms. The predicted molar refractivity (Wildman–Crippen MR) is 54.1 cm³/mol. The minimum atomic E-state index is -2.95. The Labute approximate surface area is 93.9 Å². The van der Waals surface area contributed by atoms with Crippen LogP contribution in [0.4, 0.5) is 0 Å². The molecule has 2 unspecified atom stereocenters. The van der Waals surface area contributed by atoms with Crippen LogP contribution in [0.5, 0.6) is 0 Å². The Bertz CT molecular complexity index is 252. The van der Waals surface area contributed by atoms with E-state index < -0.39 is 32.4 Å². The Morgan fingerprint density at radius 2 is 1.25 bits per heavy atom. The van der Waals surface area contributed by atoms with Crippen molar-refractivity contribution in [1.82, 2.24) is 0 Å². The van der Waals surface area contributed by atoms with Crippen LogP contribution in [0.2, 0.25) is 0 Å². The largest absolute Gasteiger partial charge is 0.467 e. The quantitative estimate of drug-likeness (QED) is 0.504. The van der Waals surface area contributed by atoms with Gasteiger partial charge >= 0.3 is 20.2 Å². The van der Waals surface area contributed by atoms with Crippen LogP contribution in [0.25, 0.3) is 0 Å². The van der Waals surface area contributed by atoms with Crippen LogP contribution >= 0.6 is 8.25 Å². The maximum Gasteiger partial charge on any atom is 0.335 e. The molecule has 0 amide bonds. The predicted octanol–water partition coefficient (Wildman–Crippen LogP) is 0.532. The zero-order valence-corrected chi connectivity index (χ0v) is 10.5. The van der Waals surface area contributed by atoms with Gasteiger partial charge in [-0.15, -0.1) is 0 Å². The van der Waals surface area contributed by atoms with E-state index in [1.54, 1.807) is 0 Å². The molecule has 0 aliphatic rings. The van der Waals surface area contributed by atoms with E-state index in [-0.39, 0.29) is 0 Å². The smallest absolute Gasteiger partial charge is 0.335 e. The molecule has 0 N–H and O–H groups in total. The van der Waals surface area contributed by atoms with Crippen molar-refractivity contribution in [2.45, 2.75) is 26.1 Å². The van der Waals surface area contributed by atoms with Gasteiger partial charge in [0.15, 0.2) is 12.2 Å². The lowest BCUT2D eigenvalue weighted by Crippen LogP contribution is -2.22. The molecule has 0 rings (SSSR count). The first-order chi connectivity index (χ1) is 7.42. The fraction of sp³-hybridized carbons (Fsp3) is 0.750. The Morgan fingerprint density at radius 1 is 0.938 bits per heavy atom. The molecule has 7 nitrogen and oxygen atoms in total. The van der Waals surface area contributed by atoms with E-state index in [9.17, 15) is 14.2 Å². The maximum absolute atomic E-state index is 11.2. The Hall–Kier alpha value is -0.910. The highest BCUT2D eigenvalue weighted by Crippen LogP contribution is 2.28. The molecule has 0 fully saturated rings. The van der Waals surface area contributed by atoms with Gasteiger partial charge in [-0.2, -0.15) is 0 Å². The van der Waals surface area contributed by atoms with Crippen molar-refractivity contribution in [2.75, 3.05) is 14.2 Å². The number of carbonyl (C=O) groups excluding carboxylic acids is 2. The summed E-state index contributed by atoms with van der Waals surface area (Å²) in [5, 5.41) is 0. The molecular weight excluding hydrogens is 239 g/mol. The van der Waals surface area contributed by atoms with Crippen LogP contribution in [0.3, 0.4) is 0 Å². The van der Waals surface area contributed by atoms with Gasteiger partial charge in [-0.05, 0) is 13.8 Å². The molecule has 0 saturated carbocycles. The summed E-state index contributed by atoms with van der Waals surface area (Å²) in [6, 6.07) is 0. The van der Waals surface area contributed by atoms with Gasteiger partial charge in [-0.3, -0.25) is 13.6 Å². The Morgan fingerprint density at radius 3 is 1.50 bits per heavy atom. The molecule has 0 aromatic rings. The van der Waals surface area contributed by atoms with Gasteiger partial charge in [0.05, 0.1) is 14.2 Å². The lowest BCUT2D eigenvalue weighted by atomic mass is 10.4. The fourth-order valence-electron chi connectivity index (χ4n) is 0.745. The van der Waals surface area contributed by atoms with Crippen molar-refractivity contribution >= 4 is 20.2 Å². The summed E-state index contributed by atoms with van der Waals surface area (Å²) in [6.45, 7) is 2.72. The number of esters is 2. The van der Waals surface area contributed by atoms with E-state index in [0.717, 1.165) is 0 Å². The van der Waals surface area contributed by atoms with Crippen molar-refractivity contribution in [1.29, 1.82) is 0 Å². The van der Waals surface area contributed by atoms with Gasteiger partial charge < -0.3 is 9.47 Å². The first kappa shape index (κ1) is 15.1. The molecule has 8 heteroatoms. The average Bonchev–Trinajstić information content (AvgIpc) is 2.26. The summed E-state index contributed by atoms with van der Waals surface area (Å²) in [5.41, 5.74) is 0. The van der Waals surface area contributed by atoms with Crippen LogP contribution in [-0.2, 0) is 32.7 Å². The van der Waals surface area contributed by atoms with Crippen LogP contribution in [0.1, 0.15) is 13.8 Å². The van der Waals surface area contributed by atoms with E-state index in [0.29, 0.717) is 0 Å². The third kappa shape index (κ3) is 5.25. The molecule has 0 aliphatic carbocycles. The maximum atomic E-state index is 11.2. The fourth-order valence-corrected chi connectivity index (χ4v) is 1.57. The van der Waals surface area contributed by atoms with E-state index in [4.69, 9.17) is 9.05 Å². The molecule has 0 radical (unpaired) electrons. The topological polar surface area (TPSA) is 88.1 Å². The Kier molecular flexibility index (Phi) is 6.96. The minimum Gasteiger partial charge on any atom is -0.467 e. The van der Waals surface area contributed by atoms with Crippen molar-refractivity contribution in [3.63, 3.8) is 0 Å². The number of hydrogen-bond donors (Lipinski definition) is 0. The minimum absolute atomic E-state index is 0.673. The highest BCUT2D eigenvalue weighted by Gasteiger charge is 2.21. The summed E-state index contributed by atoms with van der Waals surface area (Å²) < 4.78 is 29.4. The summed E-state index contributed by atoms with van der Waals surface area (Å²) in [4.78, 5) is 21.8. The molecule has 16 heavy (non-hydrogen) atoms. The van der Waals surface area contributed by atoms with E-state index in [1.807, 2.05) is 0 Å². The monoisotopic (exact) mass is 254 g/mol. The van der Waals surface area contributed by atoms with Gasteiger partial charge in [0.25, 0.3) is 0 Å². The number of hydrogen-bond acceptors (Lipinski definition) is 7. The number of methoxy groups -OCH3 is 2. The Balaban J connectivity index is 4.08. The van der Waals surface area contributed by atoms with E-state index >= 15 is 0 Å². The molecule has 0 aromatic carbocycles. The summed E-state index contributed by atoms with van der Waals surface area (Å²) in [5.74, 6) is -1.35. The first-order valence-electron chi connectivity index (χ1n) is 4.45. The third-order valence-electron chi connectivity index (χ3n) is 1.61. The second-order valence-electron chi connectivity index (χ2n) is 2.82. The van der Waals surface area contributed by atoms with Crippen LogP contribution < -0.4 is 0 Å². The SMILES string of the molecule is COC(=O)C(C)O[PH](=O)OC(C)C(=O)OC. The van der Waals surface area contributed by atoms with Crippen LogP contribution in [0.15, 0.2) is 0 Å². The number of ether oxygens (including phenoxy) is 2. The molecule has 0 saturated heterocycles. The zero-order chi connectivity index (χ0) is 12.7. The van der Waals surface area contributed by atoms with Crippen molar-refractivity contribution in [3.05, 3.63) is 0 Å². The molecule has 0 aliphatic heterocycles. The highest BCUT2D eigenvalue weighted by molar-refractivity contribution is 7.33. The van der Waals surface area contributed by atoms with Crippen molar-refractivity contribution < 1.29 is 32.7 Å². The number of carbonyl (C=O) groups is 2. The van der Waals surface area contributed by atoms with Gasteiger partial charge in [0.1, 0.15) is 0 Å². The molecule has 0 aromatic heterocycles. The second kappa shape index (κ2) is 7.38. The lowest BCUT2D eigenvalue weighted by Gasteiger charge is -2.13. The van der Waals surface area contributed by atoms with E-state index in [2.05, 4.69) is 9.47 Å². The van der Waals surface area contributed by atoms with Crippen LogP contribution in [-0.4, -0.2) is 38.4 Å². The highest BCUT2D eigenvalue weighted by atomic mass is 31.1. The normalized spacial score (nSPS) is 16.0. The lowest BCUT2D eigenvalue weighted by molar-refractivity contribution is -0.149. The molecule has 0 heterocycles. The van der Waals surface area contributed by atoms with Gasteiger partial charge in [-0.25, -0.2) is 9.59 Å². The van der Waals surface area contributed by atoms with Gasteiger partial charge in [0, 0.05) is 0 Å². The number of rotatable bonds is 6. The molecular formula is C8H15O7P. The second-order valence-corrected chi connectivity index (χ2v) is 3.79. The van der Waals surface area contributed by atoms with Crippen molar-refractivity contribution in [3.8, 4) is 0 Å². The van der Waals surface area contributed by atoms with Crippen LogP contribution in [0, 0.1) is 0 Å². The molecule has 0 bridgehead atoms. The standard InChI is InChI=1S/C8H15O7P/c1-5(7(9)12-3)14-16(11)15-6(2)8(10)13-4/h5-6,16H,1-4H3. The molecule has 94 valence electrons. The van der Waals surface area contributed by atoms with E-state index in [1.165, 1.54) is 28.1 Å². The van der Waals surface area contributed by atoms with Gasteiger partial charge in [-0.1, -0.05) is 0 Å². The van der Waals surface area contributed by atoms with Gasteiger partial charge in [0.2, 0.25) is 0 Å². The summed E-state index contributed by atoms with van der Waals surface area (Å²) >= 11 is 0. The molecule has 2 atom stereocenters.